The van der Waals surface area contributed by atoms with E-state index in [1.165, 1.54) is 5.56 Å². The molecule has 1 aromatic carbocycles. The molecule has 4 aliphatic heterocycles. The Labute approximate surface area is 171 Å². The van der Waals surface area contributed by atoms with Crippen molar-refractivity contribution in [2.24, 2.45) is 16.1 Å². The van der Waals surface area contributed by atoms with Crippen LogP contribution < -0.4 is 4.90 Å². The zero-order valence-corrected chi connectivity index (χ0v) is 17.2. The number of nitrogens with zero attached hydrogens (tertiary/aromatic N) is 5. The van der Waals surface area contributed by atoms with Crippen molar-refractivity contribution in [1.29, 1.82) is 0 Å². The Balaban J connectivity index is 1.29. The van der Waals surface area contributed by atoms with Crippen molar-refractivity contribution in [3.8, 4) is 0 Å². The van der Waals surface area contributed by atoms with Crippen molar-refractivity contribution < 1.29 is 9.59 Å². The molecule has 0 aromatic heterocycles. The van der Waals surface area contributed by atoms with E-state index in [1.54, 1.807) is 0 Å². The third-order valence-electron chi connectivity index (χ3n) is 7.30. The van der Waals surface area contributed by atoms with Gasteiger partial charge in [-0.1, -0.05) is 18.2 Å². The Morgan fingerprint density at radius 1 is 1.07 bits per heavy atom. The molecular formula is C22H29N5O2. The Bertz CT molecular complexity index is 855. The molecule has 7 nitrogen and oxygen atoms in total. The van der Waals surface area contributed by atoms with E-state index >= 15 is 0 Å². The van der Waals surface area contributed by atoms with Crippen LogP contribution in [-0.2, 0) is 16.0 Å². The molecule has 5 atom stereocenters. The van der Waals surface area contributed by atoms with Crippen LogP contribution in [0.4, 0.5) is 5.69 Å². The Kier molecular flexibility index (Phi) is 4.56. The van der Waals surface area contributed by atoms with Gasteiger partial charge in [0.2, 0.25) is 11.8 Å². The number of anilines is 1. The van der Waals surface area contributed by atoms with Gasteiger partial charge in [-0.15, -0.1) is 0 Å². The van der Waals surface area contributed by atoms with Crippen LogP contribution in [0.15, 0.2) is 34.5 Å². The van der Waals surface area contributed by atoms with Crippen molar-refractivity contribution in [2.75, 3.05) is 31.6 Å². The fourth-order valence-corrected chi connectivity index (χ4v) is 5.53. The number of para-hydroxylation sites is 1. The number of hydrogen-bond donors (Lipinski definition) is 0. The van der Waals surface area contributed by atoms with E-state index in [4.69, 9.17) is 0 Å². The number of amides is 2. The van der Waals surface area contributed by atoms with Crippen LogP contribution in [0.1, 0.15) is 31.7 Å². The molecule has 29 heavy (non-hydrogen) atoms. The molecule has 0 aliphatic carbocycles. The first kappa shape index (κ1) is 18.6. The van der Waals surface area contributed by atoms with Gasteiger partial charge in [0, 0.05) is 50.7 Å². The van der Waals surface area contributed by atoms with E-state index in [0.717, 1.165) is 37.9 Å². The highest BCUT2D eigenvalue weighted by Gasteiger charge is 2.47. The summed E-state index contributed by atoms with van der Waals surface area (Å²) in [6, 6.07) is 8.00. The van der Waals surface area contributed by atoms with Crippen molar-refractivity contribution in [1.82, 2.24) is 9.80 Å². The van der Waals surface area contributed by atoms with Gasteiger partial charge < -0.3 is 14.7 Å². The molecule has 4 unspecified atom stereocenters. The molecule has 154 valence electrons. The van der Waals surface area contributed by atoms with Gasteiger partial charge >= 0.3 is 0 Å². The van der Waals surface area contributed by atoms with Crippen LogP contribution in [0, 0.1) is 5.92 Å². The quantitative estimate of drug-likeness (QED) is 0.770. The van der Waals surface area contributed by atoms with Gasteiger partial charge in [-0.3, -0.25) is 9.59 Å². The van der Waals surface area contributed by atoms with Crippen molar-refractivity contribution in [2.45, 2.75) is 56.8 Å². The zero-order valence-electron chi connectivity index (χ0n) is 17.2. The number of piperidine rings is 1. The first-order valence-electron chi connectivity index (χ1n) is 10.8. The van der Waals surface area contributed by atoms with Crippen LogP contribution in [0.3, 0.4) is 0 Å². The number of likely N-dealkylation sites (tertiary alicyclic amines) is 2. The summed E-state index contributed by atoms with van der Waals surface area (Å²) in [5, 5.41) is 8.81. The molecule has 2 fully saturated rings. The topological polar surface area (TPSA) is 68.6 Å². The molecule has 0 spiro atoms. The lowest BCUT2D eigenvalue weighted by molar-refractivity contribution is -0.138. The number of rotatable bonds is 2. The van der Waals surface area contributed by atoms with Crippen LogP contribution in [-0.4, -0.2) is 72.5 Å². The minimum atomic E-state index is -0.422. The highest BCUT2D eigenvalue weighted by Crippen LogP contribution is 2.36. The van der Waals surface area contributed by atoms with Gasteiger partial charge in [0.25, 0.3) is 0 Å². The Morgan fingerprint density at radius 3 is 2.66 bits per heavy atom. The predicted molar refractivity (Wildman–Crippen MR) is 110 cm³/mol. The summed E-state index contributed by atoms with van der Waals surface area (Å²) in [5.41, 5.74) is 2.37. The number of hydrogen-bond acceptors (Lipinski definition) is 5. The maximum absolute atomic E-state index is 13.4. The molecule has 1 aromatic rings. The first-order valence-corrected chi connectivity index (χ1v) is 10.8. The summed E-state index contributed by atoms with van der Waals surface area (Å²) < 4.78 is 0. The fraction of sp³-hybridized carbons (Fsp3) is 0.636. The monoisotopic (exact) mass is 395 g/mol. The second kappa shape index (κ2) is 7.11. The lowest BCUT2D eigenvalue weighted by Crippen LogP contribution is -2.55. The molecule has 4 aliphatic rings. The van der Waals surface area contributed by atoms with E-state index in [0.29, 0.717) is 13.1 Å². The third kappa shape index (κ3) is 3.02. The average Bonchev–Trinajstić information content (AvgIpc) is 3.44. The molecule has 0 saturated carbocycles. The maximum Gasteiger partial charge on any atom is 0.249 e. The second-order valence-electron chi connectivity index (χ2n) is 8.96. The van der Waals surface area contributed by atoms with Gasteiger partial charge in [0.05, 0.1) is 6.04 Å². The second-order valence-corrected chi connectivity index (χ2v) is 8.96. The number of carbonyl (C=O) groups excluding carboxylic acids is 2. The number of likely N-dealkylation sites (N-methyl/N-ethyl adjacent to an activating group) is 1. The lowest BCUT2D eigenvalue weighted by atomic mass is 9.87. The van der Waals surface area contributed by atoms with Gasteiger partial charge in [-0.2, -0.15) is 10.2 Å². The van der Waals surface area contributed by atoms with Gasteiger partial charge in [-0.25, -0.2) is 0 Å². The van der Waals surface area contributed by atoms with Gasteiger partial charge in [0.1, 0.15) is 6.04 Å². The predicted octanol–water partition coefficient (Wildman–Crippen LogP) is 2.11. The Morgan fingerprint density at radius 2 is 1.90 bits per heavy atom. The van der Waals surface area contributed by atoms with Crippen molar-refractivity contribution in [3.63, 3.8) is 0 Å². The molecule has 0 radical (unpaired) electrons. The zero-order chi connectivity index (χ0) is 20.1. The van der Waals surface area contributed by atoms with Crippen LogP contribution in [0.2, 0.25) is 0 Å². The van der Waals surface area contributed by atoms with Crippen molar-refractivity contribution in [3.05, 3.63) is 29.8 Å². The summed E-state index contributed by atoms with van der Waals surface area (Å²) in [5.74, 6) is 0.280. The summed E-state index contributed by atoms with van der Waals surface area (Å²) in [6.45, 7) is 4.20. The maximum atomic E-state index is 13.4. The van der Waals surface area contributed by atoms with Crippen LogP contribution in [0.25, 0.3) is 0 Å². The molecule has 7 heteroatoms. The minimum absolute atomic E-state index is 0.0158. The lowest BCUT2D eigenvalue weighted by Gasteiger charge is -2.38. The number of carbonyl (C=O) groups is 2. The van der Waals surface area contributed by atoms with Gasteiger partial charge in [-0.05, 0) is 37.8 Å². The SMILES string of the molecule is C[C@@H]1CCCN1C(=O)C1N=NC2CCN(C(=O)C3Cc4ccccc4N3C)CC21. The molecular weight excluding hydrogens is 366 g/mol. The fourth-order valence-electron chi connectivity index (χ4n) is 5.53. The molecule has 4 heterocycles. The number of benzene rings is 1. The largest absolute Gasteiger partial charge is 0.362 e. The average molecular weight is 396 g/mol. The molecule has 2 saturated heterocycles. The summed E-state index contributed by atoms with van der Waals surface area (Å²) in [6.07, 6.45) is 3.66. The van der Waals surface area contributed by atoms with Gasteiger partial charge in [0.15, 0.2) is 6.04 Å². The van der Waals surface area contributed by atoms with E-state index in [-0.39, 0.29) is 35.9 Å². The molecule has 5 rings (SSSR count). The van der Waals surface area contributed by atoms with E-state index in [1.807, 2.05) is 29.0 Å². The highest BCUT2D eigenvalue weighted by atomic mass is 16.2. The number of azo groups is 1. The summed E-state index contributed by atoms with van der Waals surface area (Å²) in [4.78, 5) is 32.5. The van der Waals surface area contributed by atoms with E-state index < -0.39 is 6.04 Å². The van der Waals surface area contributed by atoms with E-state index in [2.05, 4.69) is 34.2 Å². The molecule has 2 amide bonds. The normalized spacial score (nSPS) is 33.2. The van der Waals surface area contributed by atoms with Crippen LogP contribution >= 0.6 is 0 Å². The van der Waals surface area contributed by atoms with E-state index in [9.17, 15) is 9.59 Å². The number of fused-ring (bicyclic) bond motifs is 2. The third-order valence-corrected chi connectivity index (χ3v) is 7.30. The summed E-state index contributed by atoms with van der Waals surface area (Å²) >= 11 is 0. The molecule has 0 bridgehead atoms. The van der Waals surface area contributed by atoms with Crippen LogP contribution in [0.5, 0.6) is 0 Å². The summed E-state index contributed by atoms with van der Waals surface area (Å²) in [7, 11) is 2.00. The molecule has 0 N–H and O–H groups in total. The first-order chi connectivity index (χ1) is 14.0. The highest BCUT2D eigenvalue weighted by molar-refractivity contribution is 5.88. The Hall–Kier alpha value is -2.44. The van der Waals surface area contributed by atoms with Crippen molar-refractivity contribution >= 4 is 17.5 Å². The minimum Gasteiger partial charge on any atom is -0.362 e. The smallest absolute Gasteiger partial charge is 0.249 e. The standard InChI is InChI=1S/C22H29N5O2/c1-14-6-5-10-27(14)22(29)20-16-13-26(11-9-17(16)23-24-20)21(28)19-12-15-7-3-4-8-18(15)25(19)2/h3-4,7-8,14,16-17,19-20H,5-6,9-13H2,1-2H3/t14-,16?,17?,19?,20?/m1/s1.